The van der Waals surface area contributed by atoms with E-state index in [0.717, 1.165) is 29.6 Å². The van der Waals surface area contributed by atoms with Crippen LogP contribution in [0.5, 0.6) is 5.88 Å². The predicted molar refractivity (Wildman–Crippen MR) is 76.9 cm³/mol. The van der Waals surface area contributed by atoms with Crippen LogP contribution in [0.15, 0.2) is 12.3 Å². The van der Waals surface area contributed by atoms with Crippen LogP contribution in [0.1, 0.15) is 24.1 Å². The van der Waals surface area contributed by atoms with Gasteiger partial charge in [0.2, 0.25) is 11.8 Å². The standard InChI is InChI=1S/C15H19N3O2/c1-10-11(2)17-14-12(10)5-6-16-15(14)20-9-8-18-7-3-4-13(18)19/h5-6,17H,3-4,7-9H2,1-2H3. The van der Waals surface area contributed by atoms with E-state index >= 15 is 0 Å². The average Bonchev–Trinajstić information content (AvgIpc) is 2.97. The quantitative estimate of drug-likeness (QED) is 0.929. The van der Waals surface area contributed by atoms with Gasteiger partial charge < -0.3 is 14.6 Å². The summed E-state index contributed by atoms with van der Waals surface area (Å²) in [6.07, 6.45) is 3.39. The first-order valence-corrected chi connectivity index (χ1v) is 7.01. The third-order valence-corrected chi connectivity index (χ3v) is 3.97. The SMILES string of the molecule is Cc1[nH]c2c(OCCN3CCCC3=O)nccc2c1C. The number of aromatic amines is 1. The Labute approximate surface area is 117 Å². The van der Waals surface area contributed by atoms with Gasteiger partial charge >= 0.3 is 0 Å². The number of carbonyl (C=O) groups is 1. The van der Waals surface area contributed by atoms with Crippen molar-refractivity contribution in [1.82, 2.24) is 14.9 Å². The summed E-state index contributed by atoms with van der Waals surface area (Å²) in [5, 5.41) is 1.14. The molecule has 3 rings (SSSR count). The minimum Gasteiger partial charge on any atom is -0.474 e. The number of ether oxygens (including phenoxy) is 1. The van der Waals surface area contributed by atoms with E-state index in [1.165, 1.54) is 5.56 Å². The summed E-state index contributed by atoms with van der Waals surface area (Å²) < 4.78 is 5.76. The van der Waals surface area contributed by atoms with Crippen molar-refractivity contribution in [2.24, 2.45) is 0 Å². The lowest BCUT2D eigenvalue weighted by atomic mass is 10.2. The molecular weight excluding hydrogens is 254 g/mol. The molecular formula is C15H19N3O2. The number of pyridine rings is 1. The van der Waals surface area contributed by atoms with Crippen LogP contribution in [0.25, 0.3) is 10.9 Å². The molecule has 1 amide bonds. The van der Waals surface area contributed by atoms with Crippen LogP contribution in [0, 0.1) is 13.8 Å². The number of nitrogens with zero attached hydrogens (tertiary/aromatic N) is 2. The summed E-state index contributed by atoms with van der Waals surface area (Å²) in [7, 11) is 0. The molecule has 2 aromatic rings. The van der Waals surface area contributed by atoms with E-state index < -0.39 is 0 Å². The zero-order chi connectivity index (χ0) is 14.1. The largest absolute Gasteiger partial charge is 0.474 e. The Morgan fingerprint density at radius 1 is 1.45 bits per heavy atom. The second-order valence-electron chi connectivity index (χ2n) is 5.25. The minimum absolute atomic E-state index is 0.228. The van der Waals surface area contributed by atoms with Crippen molar-refractivity contribution in [1.29, 1.82) is 0 Å². The molecule has 2 aromatic heterocycles. The third kappa shape index (κ3) is 2.24. The second-order valence-corrected chi connectivity index (χ2v) is 5.25. The number of nitrogens with one attached hydrogen (secondary N) is 1. The summed E-state index contributed by atoms with van der Waals surface area (Å²) in [6, 6.07) is 1.99. The normalized spacial score (nSPS) is 15.3. The first-order chi connectivity index (χ1) is 9.66. The van der Waals surface area contributed by atoms with E-state index in [-0.39, 0.29) is 5.91 Å². The molecule has 0 bridgehead atoms. The summed E-state index contributed by atoms with van der Waals surface area (Å²) in [5.41, 5.74) is 3.30. The zero-order valence-corrected chi connectivity index (χ0v) is 11.9. The van der Waals surface area contributed by atoms with E-state index in [1.54, 1.807) is 6.20 Å². The van der Waals surface area contributed by atoms with Gasteiger partial charge in [-0.05, 0) is 31.9 Å². The van der Waals surface area contributed by atoms with Gasteiger partial charge in [-0.2, -0.15) is 0 Å². The molecule has 1 N–H and O–H groups in total. The molecule has 0 radical (unpaired) electrons. The van der Waals surface area contributed by atoms with Gasteiger partial charge in [0.15, 0.2) is 0 Å². The molecule has 0 saturated carbocycles. The molecule has 0 aromatic carbocycles. The van der Waals surface area contributed by atoms with E-state index in [9.17, 15) is 4.79 Å². The van der Waals surface area contributed by atoms with Crippen molar-refractivity contribution in [2.45, 2.75) is 26.7 Å². The molecule has 5 nitrogen and oxygen atoms in total. The summed E-state index contributed by atoms with van der Waals surface area (Å²) >= 11 is 0. The molecule has 0 spiro atoms. The Morgan fingerprint density at radius 3 is 3.05 bits per heavy atom. The topological polar surface area (TPSA) is 58.2 Å². The van der Waals surface area contributed by atoms with Crippen LogP contribution in [0.3, 0.4) is 0 Å². The Bertz CT molecular complexity index is 648. The first kappa shape index (κ1) is 13.0. The third-order valence-electron chi connectivity index (χ3n) is 3.97. The van der Waals surface area contributed by atoms with Gasteiger partial charge in [0, 0.05) is 30.2 Å². The monoisotopic (exact) mass is 273 g/mol. The Morgan fingerprint density at radius 2 is 2.30 bits per heavy atom. The number of H-pyrrole nitrogens is 1. The van der Waals surface area contributed by atoms with Crippen LogP contribution in [-0.4, -0.2) is 40.5 Å². The average molecular weight is 273 g/mol. The zero-order valence-electron chi connectivity index (χ0n) is 11.9. The van der Waals surface area contributed by atoms with Crippen LogP contribution >= 0.6 is 0 Å². The van der Waals surface area contributed by atoms with Crippen molar-refractivity contribution in [3.8, 4) is 5.88 Å². The highest BCUT2D eigenvalue weighted by Gasteiger charge is 2.19. The van der Waals surface area contributed by atoms with Crippen molar-refractivity contribution in [2.75, 3.05) is 19.7 Å². The van der Waals surface area contributed by atoms with Crippen LogP contribution in [-0.2, 0) is 4.79 Å². The molecule has 20 heavy (non-hydrogen) atoms. The Hall–Kier alpha value is -2.04. The lowest BCUT2D eigenvalue weighted by Gasteiger charge is -2.15. The van der Waals surface area contributed by atoms with Gasteiger partial charge in [0.05, 0.1) is 6.54 Å². The number of fused-ring (bicyclic) bond motifs is 1. The summed E-state index contributed by atoms with van der Waals surface area (Å²) in [6.45, 7) is 6.09. The van der Waals surface area contributed by atoms with Gasteiger partial charge in [-0.1, -0.05) is 0 Å². The molecule has 0 unspecified atom stereocenters. The van der Waals surface area contributed by atoms with E-state index in [1.807, 2.05) is 17.9 Å². The molecule has 1 aliphatic rings. The van der Waals surface area contributed by atoms with Crippen molar-refractivity contribution in [3.05, 3.63) is 23.5 Å². The van der Waals surface area contributed by atoms with Gasteiger partial charge in [0.25, 0.3) is 0 Å². The molecule has 3 heterocycles. The highest BCUT2D eigenvalue weighted by Crippen LogP contribution is 2.27. The first-order valence-electron chi connectivity index (χ1n) is 7.01. The van der Waals surface area contributed by atoms with Gasteiger partial charge in [-0.25, -0.2) is 4.98 Å². The fourth-order valence-electron chi connectivity index (χ4n) is 2.66. The number of hydrogen-bond donors (Lipinski definition) is 1. The lowest BCUT2D eigenvalue weighted by molar-refractivity contribution is -0.128. The fourth-order valence-corrected chi connectivity index (χ4v) is 2.66. The molecule has 1 aliphatic heterocycles. The molecule has 0 aliphatic carbocycles. The number of amides is 1. The summed E-state index contributed by atoms with van der Waals surface area (Å²) in [4.78, 5) is 21.0. The molecule has 5 heteroatoms. The van der Waals surface area contributed by atoms with Crippen LogP contribution in [0.2, 0.25) is 0 Å². The number of likely N-dealkylation sites (tertiary alicyclic amines) is 1. The fraction of sp³-hybridized carbons (Fsp3) is 0.467. The van der Waals surface area contributed by atoms with Crippen molar-refractivity contribution < 1.29 is 9.53 Å². The lowest BCUT2D eigenvalue weighted by Crippen LogP contribution is -2.29. The molecule has 0 atom stereocenters. The highest BCUT2D eigenvalue weighted by molar-refractivity contribution is 5.87. The Balaban J connectivity index is 1.71. The maximum Gasteiger partial charge on any atom is 0.238 e. The number of aryl methyl sites for hydroxylation is 2. The van der Waals surface area contributed by atoms with E-state index in [0.29, 0.717) is 25.5 Å². The molecule has 1 fully saturated rings. The predicted octanol–water partition coefficient (Wildman–Crippen LogP) is 2.18. The molecule has 106 valence electrons. The number of rotatable bonds is 4. The van der Waals surface area contributed by atoms with Crippen molar-refractivity contribution >= 4 is 16.8 Å². The van der Waals surface area contributed by atoms with Gasteiger partial charge in [0.1, 0.15) is 12.1 Å². The Kier molecular flexibility index (Phi) is 3.34. The smallest absolute Gasteiger partial charge is 0.238 e. The maximum absolute atomic E-state index is 11.5. The van der Waals surface area contributed by atoms with E-state index in [2.05, 4.69) is 16.9 Å². The van der Waals surface area contributed by atoms with Crippen molar-refractivity contribution in [3.63, 3.8) is 0 Å². The number of carbonyl (C=O) groups excluding carboxylic acids is 1. The van der Waals surface area contributed by atoms with Gasteiger partial charge in [-0.15, -0.1) is 0 Å². The second kappa shape index (κ2) is 5.15. The molecule has 1 saturated heterocycles. The maximum atomic E-state index is 11.5. The van der Waals surface area contributed by atoms with Crippen LogP contribution < -0.4 is 4.74 Å². The number of aromatic nitrogens is 2. The number of hydrogen-bond acceptors (Lipinski definition) is 3. The minimum atomic E-state index is 0.228. The van der Waals surface area contributed by atoms with Crippen LogP contribution in [0.4, 0.5) is 0 Å². The summed E-state index contributed by atoms with van der Waals surface area (Å²) in [5.74, 6) is 0.844. The highest BCUT2D eigenvalue weighted by atomic mass is 16.5. The van der Waals surface area contributed by atoms with E-state index in [4.69, 9.17) is 4.74 Å². The van der Waals surface area contributed by atoms with Gasteiger partial charge in [-0.3, -0.25) is 4.79 Å².